The maximum absolute atomic E-state index is 11.4. The number of hydrogen-bond donors (Lipinski definition) is 1. The minimum Gasteiger partial charge on any atom is -0.491 e. The summed E-state index contributed by atoms with van der Waals surface area (Å²) in [5, 5.41) is 2.83. The summed E-state index contributed by atoms with van der Waals surface area (Å²) < 4.78 is 10.5. The molecule has 0 aliphatic carbocycles. The first-order chi connectivity index (χ1) is 9.19. The van der Waals surface area contributed by atoms with Crippen LogP contribution in [0.4, 0.5) is 0 Å². The van der Waals surface area contributed by atoms with Crippen LogP contribution in [0.15, 0.2) is 24.3 Å². The maximum Gasteiger partial charge on any atom is 0.338 e. The lowest BCUT2D eigenvalue weighted by Crippen LogP contribution is -2.30. The van der Waals surface area contributed by atoms with E-state index in [1.165, 1.54) is 0 Å². The average Bonchev–Trinajstić information content (AvgIpc) is 2.83. The van der Waals surface area contributed by atoms with Gasteiger partial charge in [0.15, 0.2) is 0 Å². The van der Waals surface area contributed by atoms with Gasteiger partial charge < -0.3 is 14.8 Å². The van der Waals surface area contributed by atoms with Gasteiger partial charge in [-0.3, -0.25) is 4.79 Å². The van der Waals surface area contributed by atoms with Crippen LogP contribution in [0.5, 0.6) is 5.75 Å². The number of nitrogens with one attached hydrogen (secondary N) is 1. The number of amides is 1. The molecule has 1 N–H and O–H groups in total. The summed E-state index contributed by atoms with van der Waals surface area (Å²) in [4.78, 5) is 22.5. The normalized spacial score (nSPS) is 17.9. The van der Waals surface area contributed by atoms with Gasteiger partial charge >= 0.3 is 5.97 Å². The maximum atomic E-state index is 11.4. The number of esters is 1. The van der Waals surface area contributed by atoms with Crippen LogP contribution < -0.4 is 10.1 Å². The van der Waals surface area contributed by atoms with E-state index in [2.05, 4.69) is 5.32 Å². The van der Waals surface area contributed by atoms with Gasteiger partial charge in [-0.05, 0) is 37.6 Å². The van der Waals surface area contributed by atoms with Gasteiger partial charge in [0.1, 0.15) is 12.4 Å². The zero-order chi connectivity index (χ0) is 13.7. The van der Waals surface area contributed by atoms with E-state index in [9.17, 15) is 9.59 Å². The lowest BCUT2D eigenvalue weighted by atomic mass is 10.2. The summed E-state index contributed by atoms with van der Waals surface area (Å²) in [6, 6.07) is 6.87. The number of carbonyl (C=O) groups is 2. The summed E-state index contributed by atoms with van der Waals surface area (Å²) in [7, 11) is 0. The highest BCUT2D eigenvalue weighted by molar-refractivity contribution is 5.89. The van der Waals surface area contributed by atoms with Crippen LogP contribution in [-0.4, -0.2) is 31.1 Å². The third-order valence-electron chi connectivity index (χ3n) is 2.90. The van der Waals surface area contributed by atoms with E-state index in [1.54, 1.807) is 31.2 Å². The van der Waals surface area contributed by atoms with E-state index >= 15 is 0 Å². The first-order valence-corrected chi connectivity index (χ1v) is 6.38. The molecule has 1 amide bonds. The second-order valence-corrected chi connectivity index (χ2v) is 4.36. The Balaban J connectivity index is 1.85. The fourth-order valence-electron chi connectivity index (χ4n) is 1.90. The summed E-state index contributed by atoms with van der Waals surface area (Å²) >= 11 is 0. The molecule has 1 aromatic carbocycles. The van der Waals surface area contributed by atoms with Crippen LogP contribution >= 0.6 is 0 Å². The number of carbonyl (C=O) groups excluding carboxylic acids is 2. The van der Waals surface area contributed by atoms with Crippen LogP contribution in [0.1, 0.15) is 30.1 Å². The smallest absolute Gasteiger partial charge is 0.338 e. The third kappa shape index (κ3) is 3.71. The van der Waals surface area contributed by atoms with Crippen LogP contribution in [-0.2, 0) is 9.53 Å². The number of benzene rings is 1. The molecule has 5 nitrogen and oxygen atoms in total. The lowest BCUT2D eigenvalue weighted by Gasteiger charge is -2.12. The minimum atomic E-state index is -0.336. The van der Waals surface area contributed by atoms with Gasteiger partial charge in [0, 0.05) is 6.42 Å². The number of hydrogen-bond acceptors (Lipinski definition) is 4. The van der Waals surface area contributed by atoms with E-state index in [1.807, 2.05) is 0 Å². The van der Waals surface area contributed by atoms with E-state index in [-0.39, 0.29) is 17.9 Å². The Morgan fingerprint density at radius 3 is 2.68 bits per heavy atom. The summed E-state index contributed by atoms with van der Waals surface area (Å²) in [5.74, 6) is 0.414. The van der Waals surface area contributed by atoms with E-state index in [0.717, 1.165) is 6.42 Å². The lowest BCUT2D eigenvalue weighted by molar-refractivity contribution is -0.119. The van der Waals surface area contributed by atoms with Crippen molar-refractivity contribution in [2.24, 2.45) is 0 Å². The van der Waals surface area contributed by atoms with Gasteiger partial charge in [0.2, 0.25) is 5.91 Å². The first-order valence-electron chi connectivity index (χ1n) is 6.38. The topological polar surface area (TPSA) is 64.6 Å². The molecule has 0 spiro atoms. The molecule has 1 aliphatic rings. The fraction of sp³-hybridized carbons (Fsp3) is 0.429. The van der Waals surface area contributed by atoms with Crippen molar-refractivity contribution in [3.8, 4) is 5.75 Å². The van der Waals surface area contributed by atoms with Crippen molar-refractivity contribution in [2.45, 2.75) is 25.8 Å². The molecule has 0 radical (unpaired) electrons. The molecule has 19 heavy (non-hydrogen) atoms. The molecule has 1 saturated heterocycles. The van der Waals surface area contributed by atoms with Crippen molar-refractivity contribution < 1.29 is 19.1 Å². The van der Waals surface area contributed by atoms with Crippen molar-refractivity contribution in [3.05, 3.63) is 29.8 Å². The molecule has 5 heteroatoms. The Hall–Kier alpha value is -2.04. The van der Waals surface area contributed by atoms with Gasteiger partial charge in [0.25, 0.3) is 0 Å². The van der Waals surface area contributed by atoms with Crippen molar-refractivity contribution in [1.82, 2.24) is 5.32 Å². The number of rotatable bonds is 5. The first kappa shape index (κ1) is 13.4. The van der Waals surface area contributed by atoms with Crippen LogP contribution in [0, 0.1) is 0 Å². The van der Waals surface area contributed by atoms with Gasteiger partial charge in [-0.1, -0.05) is 0 Å². The SMILES string of the molecule is CCOC(=O)c1ccc(OCC2CCC(=O)N2)cc1. The second kappa shape index (κ2) is 6.22. The fourth-order valence-corrected chi connectivity index (χ4v) is 1.90. The highest BCUT2D eigenvalue weighted by Crippen LogP contribution is 2.15. The highest BCUT2D eigenvalue weighted by atomic mass is 16.5. The summed E-state index contributed by atoms with van der Waals surface area (Å²) in [5.41, 5.74) is 0.503. The molecule has 0 aromatic heterocycles. The van der Waals surface area contributed by atoms with Crippen molar-refractivity contribution in [2.75, 3.05) is 13.2 Å². The molecule has 1 atom stereocenters. The predicted octanol–water partition coefficient (Wildman–Crippen LogP) is 1.52. The number of ether oxygens (including phenoxy) is 2. The molecule has 2 rings (SSSR count). The Bertz CT molecular complexity index is 455. The molecule has 102 valence electrons. The largest absolute Gasteiger partial charge is 0.491 e. The standard InChI is InChI=1S/C14H17NO4/c1-2-18-14(17)10-3-6-12(7-4-10)19-9-11-5-8-13(16)15-11/h3-4,6-7,11H,2,5,8-9H2,1H3,(H,15,16). The Morgan fingerprint density at radius 1 is 1.37 bits per heavy atom. The Labute approximate surface area is 111 Å². The summed E-state index contributed by atoms with van der Waals surface area (Å²) in [6.45, 7) is 2.58. The molecule has 1 fully saturated rings. The van der Waals surface area contributed by atoms with Gasteiger partial charge in [-0.2, -0.15) is 0 Å². The van der Waals surface area contributed by atoms with Crippen molar-refractivity contribution >= 4 is 11.9 Å². The van der Waals surface area contributed by atoms with Gasteiger partial charge in [0.05, 0.1) is 18.2 Å². The average molecular weight is 263 g/mol. The molecular weight excluding hydrogens is 246 g/mol. The third-order valence-corrected chi connectivity index (χ3v) is 2.90. The zero-order valence-corrected chi connectivity index (χ0v) is 10.8. The van der Waals surface area contributed by atoms with E-state index in [4.69, 9.17) is 9.47 Å². The molecule has 1 heterocycles. The predicted molar refractivity (Wildman–Crippen MR) is 69.1 cm³/mol. The van der Waals surface area contributed by atoms with Gasteiger partial charge in [-0.15, -0.1) is 0 Å². The van der Waals surface area contributed by atoms with Gasteiger partial charge in [-0.25, -0.2) is 4.79 Å². The molecule has 1 unspecified atom stereocenters. The minimum absolute atomic E-state index is 0.0752. The highest BCUT2D eigenvalue weighted by Gasteiger charge is 2.20. The Kier molecular flexibility index (Phi) is 4.39. The molecule has 0 bridgehead atoms. The molecule has 1 aliphatic heterocycles. The van der Waals surface area contributed by atoms with E-state index < -0.39 is 0 Å². The quantitative estimate of drug-likeness (QED) is 0.818. The van der Waals surface area contributed by atoms with Crippen molar-refractivity contribution in [3.63, 3.8) is 0 Å². The van der Waals surface area contributed by atoms with Crippen LogP contribution in [0.3, 0.4) is 0 Å². The van der Waals surface area contributed by atoms with Crippen LogP contribution in [0.2, 0.25) is 0 Å². The molecular formula is C14H17NO4. The molecule has 1 aromatic rings. The monoisotopic (exact) mass is 263 g/mol. The second-order valence-electron chi connectivity index (χ2n) is 4.36. The van der Waals surface area contributed by atoms with E-state index in [0.29, 0.717) is 30.9 Å². The molecule has 0 saturated carbocycles. The summed E-state index contributed by atoms with van der Waals surface area (Å²) in [6.07, 6.45) is 1.37. The zero-order valence-electron chi connectivity index (χ0n) is 10.8. The van der Waals surface area contributed by atoms with Crippen LogP contribution in [0.25, 0.3) is 0 Å². The Morgan fingerprint density at radius 2 is 2.11 bits per heavy atom. The van der Waals surface area contributed by atoms with Crippen molar-refractivity contribution in [1.29, 1.82) is 0 Å².